The number of hydrogen-bond donors (Lipinski definition) is 2. The summed E-state index contributed by atoms with van der Waals surface area (Å²) < 4.78 is 0. The van der Waals surface area contributed by atoms with E-state index in [1.54, 1.807) is 24.6 Å². The first-order valence-electron chi connectivity index (χ1n) is 13.8. The van der Waals surface area contributed by atoms with Crippen molar-refractivity contribution in [1.82, 2.24) is 0 Å². The lowest BCUT2D eigenvalue weighted by Crippen LogP contribution is -2.12. The molecule has 206 valence electrons. The van der Waals surface area contributed by atoms with Gasteiger partial charge in [0.1, 0.15) is 23.6 Å². The predicted octanol–water partition coefficient (Wildman–Crippen LogP) is 8.71. The van der Waals surface area contributed by atoms with Crippen molar-refractivity contribution in [2.24, 2.45) is 9.98 Å². The van der Waals surface area contributed by atoms with Gasteiger partial charge in [0.05, 0.1) is 0 Å². The number of aromatic hydroxyl groups is 2. The number of rotatable bonds is 7. The van der Waals surface area contributed by atoms with E-state index in [2.05, 4.69) is 65.8 Å². The normalized spacial score (nSPS) is 14.1. The van der Waals surface area contributed by atoms with Crippen LogP contribution in [-0.2, 0) is 10.8 Å². The molecule has 0 saturated carbocycles. The van der Waals surface area contributed by atoms with Gasteiger partial charge in [-0.2, -0.15) is 0 Å². The van der Waals surface area contributed by atoms with Gasteiger partial charge in [-0.25, -0.2) is 0 Å². The van der Waals surface area contributed by atoms with Crippen LogP contribution >= 0.6 is 0 Å². The van der Waals surface area contributed by atoms with Gasteiger partial charge in [-0.15, -0.1) is 0 Å². The molecule has 4 rings (SSSR count). The summed E-state index contributed by atoms with van der Waals surface area (Å²) in [5.74, 6) is 0.375. The van der Waals surface area contributed by atoms with E-state index < -0.39 is 0 Å². The first-order valence-corrected chi connectivity index (χ1v) is 13.8. The van der Waals surface area contributed by atoms with Crippen LogP contribution in [0.25, 0.3) is 0 Å². The molecule has 0 spiro atoms. The highest BCUT2D eigenvalue weighted by molar-refractivity contribution is 5.85. The molecular weight excluding hydrogens is 492 g/mol. The summed E-state index contributed by atoms with van der Waals surface area (Å²) in [6, 6.07) is 30.8. The quantitative estimate of drug-likeness (QED) is 0.234. The summed E-state index contributed by atoms with van der Waals surface area (Å²) in [4.78, 5) is 10.1. The van der Waals surface area contributed by atoms with Crippen LogP contribution in [0, 0.1) is 0 Å². The lowest BCUT2D eigenvalue weighted by atomic mass is 9.86. The van der Waals surface area contributed by atoms with Crippen LogP contribution in [0.5, 0.6) is 11.5 Å². The fourth-order valence-corrected chi connectivity index (χ4v) is 4.57. The van der Waals surface area contributed by atoms with Crippen LogP contribution in [-0.4, -0.2) is 22.6 Å². The summed E-state index contributed by atoms with van der Waals surface area (Å²) in [6.07, 6.45) is 3.51. The Morgan fingerprint density at radius 1 is 0.525 bits per heavy atom. The third-order valence-corrected chi connectivity index (χ3v) is 7.12. The third-order valence-electron chi connectivity index (χ3n) is 7.12. The molecule has 0 fully saturated rings. The number of nitrogens with zero attached hydrogens (tertiary/aromatic N) is 2. The Kier molecular flexibility index (Phi) is 8.58. The summed E-state index contributed by atoms with van der Waals surface area (Å²) in [5.41, 5.74) is 5.46. The van der Waals surface area contributed by atoms with E-state index in [9.17, 15) is 10.2 Å². The summed E-state index contributed by atoms with van der Waals surface area (Å²) in [7, 11) is 0. The highest BCUT2D eigenvalue weighted by Gasteiger charge is 2.24. The zero-order valence-corrected chi connectivity index (χ0v) is 24.3. The molecule has 2 atom stereocenters. The summed E-state index contributed by atoms with van der Waals surface area (Å²) in [5, 5.41) is 21.3. The fraction of sp³-hybridized carbons (Fsp3) is 0.278. The smallest absolute Gasteiger partial charge is 0.124 e. The Hall–Kier alpha value is -4.18. The van der Waals surface area contributed by atoms with Crippen LogP contribution < -0.4 is 0 Å². The van der Waals surface area contributed by atoms with Gasteiger partial charge in [0.15, 0.2) is 0 Å². The van der Waals surface area contributed by atoms with Crippen molar-refractivity contribution in [1.29, 1.82) is 0 Å². The predicted molar refractivity (Wildman–Crippen MR) is 167 cm³/mol. The molecular formula is C36H40N2O2. The van der Waals surface area contributed by atoms with Gasteiger partial charge in [0.25, 0.3) is 0 Å². The molecule has 0 radical (unpaired) electrons. The zero-order valence-electron chi connectivity index (χ0n) is 24.3. The van der Waals surface area contributed by atoms with Crippen LogP contribution in [0.2, 0.25) is 0 Å². The SMILES string of the molecule is CC(C)(C)c1ccc(O)c(C=N[C@@H](c2ccccc2)[C@@H](N=Cc2cc(C(C)(C)C)ccc2O)c2ccccc2)c1. The van der Waals surface area contributed by atoms with Crippen molar-refractivity contribution in [3.63, 3.8) is 0 Å². The van der Waals surface area contributed by atoms with Gasteiger partial charge >= 0.3 is 0 Å². The van der Waals surface area contributed by atoms with Crippen molar-refractivity contribution in [2.75, 3.05) is 0 Å². The third kappa shape index (κ3) is 7.06. The molecule has 0 unspecified atom stereocenters. The van der Waals surface area contributed by atoms with E-state index in [1.165, 1.54) is 0 Å². The molecule has 0 aliphatic heterocycles. The number of hydrogen-bond acceptors (Lipinski definition) is 4. The van der Waals surface area contributed by atoms with Gasteiger partial charge in [-0.3, -0.25) is 9.98 Å². The lowest BCUT2D eigenvalue weighted by Gasteiger charge is -2.23. The van der Waals surface area contributed by atoms with Crippen LogP contribution in [0.15, 0.2) is 107 Å². The summed E-state index contributed by atoms with van der Waals surface area (Å²) in [6.45, 7) is 12.9. The van der Waals surface area contributed by atoms with Gasteiger partial charge in [-0.1, -0.05) is 114 Å². The number of aliphatic imine (C=N–C) groups is 2. The molecule has 4 aromatic carbocycles. The van der Waals surface area contributed by atoms with E-state index in [0.29, 0.717) is 11.1 Å². The van der Waals surface area contributed by atoms with E-state index >= 15 is 0 Å². The molecule has 0 aromatic heterocycles. The molecule has 40 heavy (non-hydrogen) atoms. The number of phenolic OH excluding ortho intramolecular Hbond substituents is 2. The second kappa shape index (κ2) is 11.9. The monoisotopic (exact) mass is 532 g/mol. The average molecular weight is 533 g/mol. The molecule has 4 heteroatoms. The first-order chi connectivity index (χ1) is 18.9. The Bertz CT molecular complexity index is 1360. The maximum atomic E-state index is 10.7. The maximum absolute atomic E-state index is 10.7. The van der Waals surface area contributed by atoms with Gasteiger partial charge in [-0.05, 0) is 57.3 Å². The Labute approximate surface area is 238 Å². The highest BCUT2D eigenvalue weighted by atomic mass is 16.3. The Morgan fingerprint density at radius 2 is 0.875 bits per heavy atom. The van der Waals surface area contributed by atoms with Gasteiger partial charge in [0, 0.05) is 23.6 Å². The van der Waals surface area contributed by atoms with Gasteiger partial charge < -0.3 is 10.2 Å². The lowest BCUT2D eigenvalue weighted by molar-refractivity contribution is 0.472. The minimum Gasteiger partial charge on any atom is -0.507 e. The number of benzene rings is 4. The number of phenols is 2. The second-order valence-corrected chi connectivity index (χ2v) is 12.3. The molecule has 0 bridgehead atoms. The topological polar surface area (TPSA) is 65.2 Å². The van der Waals surface area contributed by atoms with Gasteiger partial charge in [0.2, 0.25) is 0 Å². The van der Waals surface area contributed by atoms with Crippen molar-refractivity contribution in [2.45, 2.75) is 64.5 Å². The molecule has 4 aromatic rings. The van der Waals surface area contributed by atoms with E-state index in [1.807, 2.05) is 60.7 Å². The molecule has 0 aliphatic rings. The Balaban J connectivity index is 1.83. The molecule has 0 amide bonds. The van der Waals surface area contributed by atoms with Crippen LogP contribution in [0.1, 0.15) is 87.0 Å². The van der Waals surface area contributed by atoms with Crippen LogP contribution in [0.4, 0.5) is 0 Å². The first kappa shape index (κ1) is 28.8. The minimum absolute atomic E-state index is 0.0599. The molecule has 0 saturated heterocycles. The fourth-order valence-electron chi connectivity index (χ4n) is 4.57. The molecule has 0 heterocycles. The maximum Gasteiger partial charge on any atom is 0.124 e. The molecule has 2 N–H and O–H groups in total. The zero-order chi connectivity index (χ0) is 28.9. The molecule has 4 nitrogen and oxygen atoms in total. The minimum atomic E-state index is -0.370. The van der Waals surface area contributed by atoms with E-state index in [0.717, 1.165) is 22.3 Å². The Morgan fingerprint density at radius 3 is 1.20 bits per heavy atom. The van der Waals surface area contributed by atoms with Crippen molar-refractivity contribution in [3.8, 4) is 11.5 Å². The van der Waals surface area contributed by atoms with E-state index in [-0.39, 0.29) is 34.4 Å². The summed E-state index contributed by atoms with van der Waals surface area (Å²) >= 11 is 0. The van der Waals surface area contributed by atoms with Crippen LogP contribution in [0.3, 0.4) is 0 Å². The van der Waals surface area contributed by atoms with Crippen molar-refractivity contribution < 1.29 is 10.2 Å². The molecule has 0 aliphatic carbocycles. The van der Waals surface area contributed by atoms with Crippen molar-refractivity contribution in [3.05, 3.63) is 130 Å². The van der Waals surface area contributed by atoms with E-state index in [4.69, 9.17) is 9.98 Å². The second-order valence-electron chi connectivity index (χ2n) is 12.3. The van der Waals surface area contributed by atoms with Crippen molar-refractivity contribution >= 4 is 12.4 Å². The average Bonchev–Trinajstić information content (AvgIpc) is 2.92. The highest BCUT2D eigenvalue weighted by Crippen LogP contribution is 2.37. The largest absolute Gasteiger partial charge is 0.507 e. The standard InChI is InChI=1S/C36H40N2O2/c1-35(2,3)29-17-19-31(39)27(21-29)23-37-33(25-13-9-7-10-14-25)34(26-15-11-8-12-16-26)38-24-28-22-30(36(4,5)6)18-20-32(28)40/h7-24,33-34,39-40H,1-6H3/t33-,34-/m0/s1.